The number of fused-ring (bicyclic) bond motifs is 1. The Morgan fingerprint density at radius 1 is 0.408 bits per heavy atom. The van der Waals surface area contributed by atoms with Crippen molar-refractivity contribution in [1.82, 2.24) is 0 Å². The van der Waals surface area contributed by atoms with E-state index < -0.39 is 45.9 Å². The smallest absolute Gasteiger partial charge is 0.416 e. The summed E-state index contributed by atoms with van der Waals surface area (Å²) in [6, 6.07) is 43.8. The van der Waals surface area contributed by atoms with E-state index in [2.05, 4.69) is 13.8 Å². The molecule has 0 heterocycles. The predicted molar refractivity (Wildman–Crippen MR) is 372 cm³/mol. The van der Waals surface area contributed by atoms with Crippen molar-refractivity contribution in [2.24, 2.45) is 0 Å². The van der Waals surface area contributed by atoms with E-state index in [0.29, 0.717) is 22.3 Å². The van der Waals surface area contributed by atoms with Gasteiger partial charge >= 0.3 is 18.5 Å². The van der Waals surface area contributed by atoms with Gasteiger partial charge in [-0.25, -0.2) is 0 Å². The van der Waals surface area contributed by atoms with Crippen molar-refractivity contribution in [3.05, 3.63) is 230 Å². The molecule has 10 rings (SSSR count). The molecule has 0 unspecified atom stereocenters. The van der Waals surface area contributed by atoms with Crippen LogP contribution in [-0.4, -0.2) is 116 Å². The number of hydrogen-bond acceptors (Lipinski definition) is 20. The van der Waals surface area contributed by atoms with E-state index >= 15 is 0 Å². The monoisotopic (exact) mass is 1590 g/mol. The molecule has 0 amide bonds. The van der Waals surface area contributed by atoms with Crippen LogP contribution in [0.2, 0.25) is 5.02 Å². The van der Waals surface area contributed by atoms with Crippen LogP contribution >= 0.6 is 34.2 Å². The molecule has 0 radical (unpaired) electrons. The van der Waals surface area contributed by atoms with Gasteiger partial charge in [0.05, 0.1) is 23.2 Å². The van der Waals surface area contributed by atoms with Gasteiger partial charge < -0.3 is 91.5 Å². The summed E-state index contributed by atoms with van der Waals surface area (Å²) >= 11 is 7.44. The normalized spacial score (nSPS) is 10.7. The zero-order chi connectivity index (χ0) is 78.3. The average Bonchev–Trinajstić information content (AvgIpc) is 0.709. The number of nitro groups is 1. The first kappa shape index (κ1) is 87.7. The molecule has 0 aliphatic heterocycles. The number of non-ortho nitro benzene ring substituents is 1. The Labute approximate surface area is 600 Å². The van der Waals surface area contributed by atoms with Crippen molar-refractivity contribution in [2.45, 2.75) is 83.4 Å². The molecule has 10 aromatic rings. The maximum Gasteiger partial charge on any atom is 0.416 e. The van der Waals surface area contributed by atoms with Gasteiger partial charge in [-0.05, 0) is 138 Å². The van der Waals surface area contributed by atoms with E-state index in [1.54, 1.807) is 42.5 Å². The minimum absolute atomic E-state index is 0.00523. The largest absolute Gasteiger partial charge is 0.508 e. The summed E-state index contributed by atoms with van der Waals surface area (Å²) in [7, 11) is 0. The summed E-state index contributed by atoms with van der Waals surface area (Å²) in [5, 5.41) is 163. The van der Waals surface area contributed by atoms with Gasteiger partial charge in [0, 0.05) is 80.7 Å². The topological polar surface area (TPSA) is 396 Å². The Morgan fingerprint density at radius 3 is 1.07 bits per heavy atom. The maximum absolute atomic E-state index is 12.7. The molecule has 21 nitrogen and oxygen atoms in total. The molecule has 17 N–H and O–H groups in total. The number of rotatable bonds is 8. The number of phenols is 17. The number of nitrogens with zero attached hydrogens (tertiary/aromatic N) is 1. The van der Waals surface area contributed by atoms with Crippen LogP contribution in [0.4, 0.5) is 45.2 Å². The van der Waals surface area contributed by atoms with E-state index in [9.17, 15) is 54.7 Å². The van der Waals surface area contributed by atoms with Crippen molar-refractivity contribution in [3.8, 4) is 103 Å². The molecule has 0 aliphatic rings. The molecule has 0 saturated heterocycles. The fraction of sp³-hybridized carbons (Fsp3) is 0.183. The van der Waals surface area contributed by atoms with Gasteiger partial charge in [-0.3, -0.25) is 10.1 Å². The lowest BCUT2D eigenvalue weighted by Crippen LogP contribution is -2.63. The second-order valence-electron chi connectivity index (χ2n) is 21.4. The highest BCUT2D eigenvalue weighted by molar-refractivity contribution is 14.1. The molecular formula is C71H70ClF9INO20. The van der Waals surface area contributed by atoms with Crippen molar-refractivity contribution in [1.29, 1.82) is 0 Å². The molecular weight excluding hydrogens is 1520 g/mol. The summed E-state index contributed by atoms with van der Waals surface area (Å²) in [4.78, 5) is 9.39. The van der Waals surface area contributed by atoms with E-state index in [1.165, 1.54) is 54.1 Å². The van der Waals surface area contributed by atoms with Gasteiger partial charge in [0.15, 0.2) is 0 Å². The highest BCUT2D eigenvalue weighted by Gasteiger charge is 2.84. The van der Waals surface area contributed by atoms with Crippen LogP contribution < -0.4 is 4.74 Å². The van der Waals surface area contributed by atoms with E-state index in [1.807, 2.05) is 85.0 Å². The first-order chi connectivity index (χ1) is 47.8. The molecule has 0 saturated carbocycles. The number of nitro benzene ring substituents is 1. The number of halogens is 11. The summed E-state index contributed by atoms with van der Waals surface area (Å²) in [5.74, 6) is -2.26. The molecule has 0 bridgehead atoms. The fourth-order valence-electron chi connectivity index (χ4n) is 8.32. The Balaban J connectivity index is 0.000000399. The molecule has 0 fully saturated rings. The number of benzene rings is 10. The lowest BCUT2D eigenvalue weighted by Gasteiger charge is -2.38. The first-order valence-corrected chi connectivity index (χ1v) is 30.9. The molecule has 0 aliphatic carbocycles. The van der Waals surface area contributed by atoms with Gasteiger partial charge in [-0.1, -0.05) is 86.8 Å². The van der Waals surface area contributed by atoms with E-state index in [4.69, 9.17) is 98.0 Å². The van der Waals surface area contributed by atoms with Crippen molar-refractivity contribution < 1.29 is 136 Å². The molecule has 0 spiro atoms. The first-order valence-electron chi connectivity index (χ1n) is 29.5. The standard InChI is InChI=1S/C10H5F9O2.C10H8O.C9H12O3.C9H12O2.C9H12O.C6H5ClO2.C6H5IO2.C6H5NO4.C6H6O3/c11-8(12,13)7(9(14,15)16,10(17,18)19)4-1-5(20)3-6(21)2-4;11-10-7-3-5-8-4-1-2-6-9(8)10;1-6(2)12-9-4-7(10)3-8(11)5-9;1-2-3-7-4-8(10)6-9(11)5-7;1-2-3-8-4-6-9(10)7-5-8;2*7-4-1-5(8)3-6(9)2-4;8-5-1-4(7(10)11)2-6(9)3-5;7-4-1-5(8)3-6(9)2-4/h1-3,20-21H;1-7,11H;3-6,10-11H,1-2H3;4-6,10-11H,2-3H2,1H3;4-7,10H,2-3H2,1H3;2*1-3,8-9H;1-3,8-9H;1-3,7-9H. The van der Waals surface area contributed by atoms with Gasteiger partial charge in [-0.2, -0.15) is 39.5 Å². The van der Waals surface area contributed by atoms with E-state index in [-0.39, 0.29) is 105 Å². The number of alkyl halides is 9. The molecule has 32 heteroatoms. The summed E-state index contributed by atoms with van der Waals surface area (Å²) in [6.07, 6.45) is -16.2. The second kappa shape index (κ2) is 40.8. The average molecular weight is 1590 g/mol. The molecule has 0 aromatic heterocycles. The number of aromatic hydroxyl groups is 17. The van der Waals surface area contributed by atoms with Crippen LogP contribution in [0.3, 0.4) is 0 Å². The van der Waals surface area contributed by atoms with Crippen LogP contribution in [0, 0.1) is 13.7 Å². The van der Waals surface area contributed by atoms with Crippen molar-refractivity contribution in [2.75, 3.05) is 0 Å². The Morgan fingerprint density at radius 2 is 0.728 bits per heavy atom. The third-order valence-electron chi connectivity index (χ3n) is 12.3. The summed E-state index contributed by atoms with van der Waals surface area (Å²) < 4.78 is 120. The van der Waals surface area contributed by atoms with Crippen molar-refractivity contribution in [3.63, 3.8) is 0 Å². The lowest BCUT2D eigenvalue weighted by molar-refractivity contribution is -0.387. The Bertz CT molecular complexity index is 3910. The van der Waals surface area contributed by atoms with Gasteiger partial charge in [0.25, 0.3) is 11.1 Å². The highest BCUT2D eigenvalue weighted by atomic mass is 127. The summed E-state index contributed by atoms with van der Waals surface area (Å²) in [5.41, 5.74) is -6.68. The molecule has 556 valence electrons. The van der Waals surface area contributed by atoms with Gasteiger partial charge in [0.2, 0.25) is 0 Å². The fourth-order valence-corrected chi connectivity index (χ4v) is 9.19. The van der Waals surface area contributed by atoms with Crippen molar-refractivity contribution >= 4 is 50.7 Å². The SMILES string of the molecule is CC(C)Oc1cc(O)cc(O)c1.CCCc1cc(O)cc(O)c1.CCCc1ccc(O)cc1.O=[N+]([O-])c1cc(O)cc(O)c1.Oc1cc(O)cc(C(C(F)(F)F)(C(F)(F)F)C(F)(F)F)c1.Oc1cc(O)cc(Cl)c1.Oc1cc(O)cc(I)c1.Oc1cc(O)cc(O)c1.Oc1cccc2ccccc12. The Hall–Kier alpha value is -11.4. The number of ether oxygens (including phenoxy) is 1. The molecule has 103 heavy (non-hydrogen) atoms. The third-order valence-corrected chi connectivity index (χ3v) is 13.2. The predicted octanol–water partition coefficient (Wildman–Crippen LogP) is 18.1. The van der Waals surface area contributed by atoms with Crippen LogP contribution in [0.5, 0.6) is 103 Å². The van der Waals surface area contributed by atoms with Crippen LogP contribution in [0.25, 0.3) is 10.8 Å². The van der Waals surface area contributed by atoms with Crippen LogP contribution in [0.15, 0.2) is 194 Å². The summed E-state index contributed by atoms with van der Waals surface area (Å²) in [6.45, 7) is 7.95. The zero-order valence-corrected chi connectivity index (χ0v) is 57.2. The minimum Gasteiger partial charge on any atom is -0.508 e. The van der Waals surface area contributed by atoms with Gasteiger partial charge in [0.1, 0.15) is 103 Å². The van der Waals surface area contributed by atoms with Crippen LogP contribution in [-0.2, 0) is 18.3 Å². The maximum atomic E-state index is 12.7. The zero-order valence-electron chi connectivity index (χ0n) is 54.3. The molecule has 0 atom stereocenters. The number of hydrogen-bond donors (Lipinski definition) is 17. The number of aryl methyl sites for hydroxylation is 2. The Kier molecular flexibility index (Phi) is 34.7. The third kappa shape index (κ3) is 31.4. The number of phenolic OH excluding ortho intramolecular Hbond substituents is 17. The molecule has 10 aromatic carbocycles. The van der Waals surface area contributed by atoms with E-state index in [0.717, 1.165) is 82.0 Å². The minimum atomic E-state index is -6.80. The quantitative estimate of drug-likeness (QED) is 0.0291. The van der Waals surface area contributed by atoms with Gasteiger partial charge in [-0.15, -0.1) is 0 Å². The second-order valence-corrected chi connectivity index (χ2v) is 23.0. The lowest BCUT2D eigenvalue weighted by atomic mass is 9.77. The highest BCUT2D eigenvalue weighted by Crippen LogP contribution is 2.61. The van der Waals surface area contributed by atoms with Crippen LogP contribution in [0.1, 0.15) is 57.2 Å².